The van der Waals surface area contributed by atoms with Crippen molar-refractivity contribution in [3.05, 3.63) is 35.9 Å². The molecule has 0 bridgehead atoms. The molecule has 1 aromatic rings. The van der Waals surface area contributed by atoms with Crippen molar-refractivity contribution in [3.63, 3.8) is 0 Å². The number of amides is 2. The minimum absolute atomic E-state index is 0.0755. The van der Waals surface area contributed by atoms with Gasteiger partial charge in [0.2, 0.25) is 0 Å². The molecule has 4 nitrogen and oxygen atoms in total. The minimum Gasteiger partial charge on any atom is -0.393 e. The van der Waals surface area contributed by atoms with Crippen molar-refractivity contribution >= 4 is 6.03 Å². The number of carbonyl (C=O) groups excluding carboxylic acids is 1. The van der Waals surface area contributed by atoms with Crippen molar-refractivity contribution in [2.45, 2.75) is 45.3 Å². The molecule has 0 aliphatic heterocycles. The number of rotatable bonds is 7. The molecular formula is C16H26N2O2. The van der Waals surface area contributed by atoms with Crippen LogP contribution in [-0.4, -0.2) is 41.8 Å². The minimum atomic E-state index is -0.378. The Labute approximate surface area is 121 Å². The Hall–Kier alpha value is -1.55. The van der Waals surface area contributed by atoms with Crippen LogP contribution in [-0.2, 0) is 6.42 Å². The smallest absolute Gasteiger partial charge is 0.317 e. The number of aliphatic hydroxyl groups excluding tert-OH is 1. The molecule has 0 aliphatic carbocycles. The van der Waals surface area contributed by atoms with E-state index in [1.807, 2.05) is 18.2 Å². The van der Waals surface area contributed by atoms with E-state index in [4.69, 9.17) is 0 Å². The van der Waals surface area contributed by atoms with Gasteiger partial charge in [-0.2, -0.15) is 0 Å². The van der Waals surface area contributed by atoms with E-state index in [-0.39, 0.29) is 18.2 Å². The zero-order chi connectivity index (χ0) is 15.0. The molecule has 0 saturated heterocycles. The molecule has 0 aliphatic rings. The molecule has 2 atom stereocenters. The Kier molecular flexibility index (Phi) is 7.09. The first kappa shape index (κ1) is 16.5. The van der Waals surface area contributed by atoms with Gasteiger partial charge in [-0.1, -0.05) is 37.3 Å². The van der Waals surface area contributed by atoms with Crippen LogP contribution in [0.1, 0.15) is 32.3 Å². The Morgan fingerprint density at radius 2 is 2.00 bits per heavy atom. The second-order valence-electron chi connectivity index (χ2n) is 5.30. The van der Waals surface area contributed by atoms with E-state index in [0.717, 1.165) is 12.8 Å². The molecule has 1 rings (SSSR count). The number of nitrogens with zero attached hydrogens (tertiary/aromatic N) is 1. The number of hydrogen-bond acceptors (Lipinski definition) is 2. The standard InChI is InChI=1S/C16H26N2O2/c1-4-15(12-14-8-6-5-7-9-14)17-16(20)18(3)11-10-13(2)19/h5-9,13,15,19H,4,10-12H2,1-3H3,(H,17,20). The Balaban J connectivity index is 2.45. The Bertz CT molecular complexity index is 393. The van der Waals surface area contributed by atoms with E-state index >= 15 is 0 Å². The first-order valence-corrected chi connectivity index (χ1v) is 7.26. The molecule has 20 heavy (non-hydrogen) atoms. The van der Waals surface area contributed by atoms with E-state index < -0.39 is 0 Å². The molecule has 0 radical (unpaired) electrons. The van der Waals surface area contributed by atoms with Crippen molar-refractivity contribution in [1.82, 2.24) is 10.2 Å². The van der Waals surface area contributed by atoms with Crippen LogP contribution >= 0.6 is 0 Å². The molecule has 2 unspecified atom stereocenters. The van der Waals surface area contributed by atoms with Gasteiger partial charge < -0.3 is 15.3 Å². The fourth-order valence-electron chi connectivity index (χ4n) is 1.96. The highest BCUT2D eigenvalue weighted by molar-refractivity contribution is 5.74. The van der Waals surface area contributed by atoms with Gasteiger partial charge in [-0.3, -0.25) is 0 Å². The summed E-state index contributed by atoms with van der Waals surface area (Å²) in [5.74, 6) is 0. The molecular weight excluding hydrogens is 252 g/mol. The van der Waals surface area contributed by atoms with Gasteiger partial charge in [0, 0.05) is 19.6 Å². The Morgan fingerprint density at radius 1 is 1.35 bits per heavy atom. The monoisotopic (exact) mass is 278 g/mol. The highest BCUT2D eigenvalue weighted by atomic mass is 16.3. The summed E-state index contributed by atoms with van der Waals surface area (Å²) >= 11 is 0. The van der Waals surface area contributed by atoms with Gasteiger partial charge in [-0.25, -0.2) is 4.79 Å². The summed E-state index contributed by atoms with van der Waals surface area (Å²) in [5, 5.41) is 12.3. The molecule has 4 heteroatoms. The topological polar surface area (TPSA) is 52.6 Å². The average molecular weight is 278 g/mol. The summed E-state index contributed by atoms with van der Waals surface area (Å²) in [6, 6.07) is 10.2. The SMILES string of the molecule is CCC(Cc1ccccc1)NC(=O)N(C)CCC(C)O. The van der Waals surface area contributed by atoms with Crippen LogP contribution in [0.5, 0.6) is 0 Å². The van der Waals surface area contributed by atoms with Gasteiger partial charge in [0.15, 0.2) is 0 Å². The van der Waals surface area contributed by atoms with Crippen LogP contribution in [0.2, 0.25) is 0 Å². The largest absolute Gasteiger partial charge is 0.393 e. The first-order valence-electron chi connectivity index (χ1n) is 7.26. The third-order valence-electron chi connectivity index (χ3n) is 3.37. The molecule has 112 valence electrons. The zero-order valence-electron chi connectivity index (χ0n) is 12.7. The van der Waals surface area contributed by atoms with Gasteiger partial charge >= 0.3 is 6.03 Å². The molecule has 1 aromatic carbocycles. The van der Waals surface area contributed by atoms with Gasteiger partial charge in [0.25, 0.3) is 0 Å². The highest BCUT2D eigenvalue weighted by Crippen LogP contribution is 2.06. The van der Waals surface area contributed by atoms with Crippen molar-refractivity contribution < 1.29 is 9.90 Å². The maximum absolute atomic E-state index is 12.0. The van der Waals surface area contributed by atoms with Crippen molar-refractivity contribution in [1.29, 1.82) is 0 Å². The number of carbonyl (C=O) groups is 1. The van der Waals surface area contributed by atoms with Gasteiger partial charge in [0.1, 0.15) is 0 Å². The van der Waals surface area contributed by atoms with E-state index in [0.29, 0.717) is 13.0 Å². The molecule has 0 heterocycles. The first-order chi connectivity index (χ1) is 9.52. The predicted octanol–water partition coefficient (Wildman–Crippen LogP) is 2.42. The summed E-state index contributed by atoms with van der Waals surface area (Å²) in [6.07, 6.45) is 1.95. The van der Waals surface area contributed by atoms with Crippen molar-refractivity contribution in [2.75, 3.05) is 13.6 Å². The van der Waals surface area contributed by atoms with Gasteiger partial charge in [-0.15, -0.1) is 0 Å². The number of urea groups is 1. The van der Waals surface area contributed by atoms with E-state index in [9.17, 15) is 9.90 Å². The molecule has 2 N–H and O–H groups in total. The second-order valence-corrected chi connectivity index (χ2v) is 5.30. The molecule has 0 aromatic heterocycles. The summed E-state index contributed by atoms with van der Waals surface area (Å²) < 4.78 is 0. The van der Waals surface area contributed by atoms with Gasteiger partial charge in [0.05, 0.1) is 6.10 Å². The van der Waals surface area contributed by atoms with E-state index in [2.05, 4.69) is 24.4 Å². The van der Waals surface area contributed by atoms with Crippen molar-refractivity contribution in [2.24, 2.45) is 0 Å². The van der Waals surface area contributed by atoms with E-state index in [1.165, 1.54) is 5.56 Å². The molecule has 0 spiro atoms. The normalized spacial score (nSPS) is 13.6. The predicted molar refractivity (Wildman–Crippen MR) is 81.7 cm³/mol. The van der Waals surface area contributed by atoms with E-state index in [1.54, 1.807) is 18.9 Å². The molecule has 2 amide bonds. The zero-order valence-corrected chi connectivity index (χ0v) is 12.7. The van der Waals surface area contributed by atoms with Crippen LogP contribution in [0, 0.1) is 0 Å². The summed E-state index contributed by atoms with van der Waals surface area (Å²) in [6.45, 7) is 4.37. The maximum Gasteiger partial charge on any atom is 0.317 e. The third-order valence-corrected chi connectivity index (χ3v) is 3.37. The lowest BCUT2D eigenvalue weighted by Crippen LogP contribution is -2.44. The molecule has 0 fully saturated rings. The van der Waals surface area contributed by atoms with Crippen LogP contribution in [0.3, 0.4) is 0 Å². The summed E-state index contributed by atoms with van der Waals surface area (Å²) in [7, 11) is 1.76. The lowest BCUT2D eigenvalue weighted by Gasteiger charge is -2.23. The highest BCUT2D eigenvalue weighted by Gasteiger charge is 2.14. The quantitative estimate of drug-likeness (QED) is 0.805. The van der Waals surface area contributed by atoms with Crippen LogP contribution < -0.4 is 5.32 Å². The number of nitrogens with one attached hydrogen (secondary N) is 1. The number of aliphatic hydroxyl groups is 1. The molecule has 0 saturated carbocycles. The fraction of sp³-hybridized carbons (Fsp3) is 0.562. The fourth-order valence-corrected chi connectivity index (χ4v) is 1.96. The summed E-state index contributed by atoms with van der Waals surface area (Å²) in [5.41, 5.74) is 1.23. The summed E-state index contributed by atoms with van der Waals surface area (Å²) in [4.78, 5) is 13.7. The lowest BCUT2D eigenvalue weighted by atomic mass is 10.0. The average Bonchev–Trinajstić information content (AvgIpc) is 2.44. The van der Waals surface area contributed by atoms with Gasteiger partial charge in [-0.05, 0) is 31.7 Å². The van der Waals surface area contributed by atoms with Crippen LogP contribution in [0.25, 0.3) is 0 Å². The van der Waals surface area contributed by atoms with Crippen molar-refractivity contribution in [3.8, 4) is 0 Å². The van der Waals surface area contributed by atoms with Crippen LogP contribution in [0.4, 0.5) is 4.79 Å². The number of benzene rings is 1. The van der Waals surface area contributed by atoms with Crippen LogP contribution in [0.15, 0.2) is 30.3 Å². The lowest BCUT2D eigenvalue weighted by molar-refractivity contribution is 0.162. The Morgan fingerprint density at radius 3 is 2.55 bits per heavy atom. The maximum atomic E-state index is 12.0. The second kappa shape index (κ2) is 8.59. The third kappa shape index (κ3) is 6.06. The number of hydrogen-bond donors (Lipinski definition) is 2.